The molecule has 128 valence electrons. The topological polar surface area (TPSA) is 65.9 Å². The number of pyridine rings is 1. The summed E-state index contributed by atoms with van der Waals surface area (Å²) in [7, 11) is 3.63. The highest BCUT2D eigenvalue weighted by Crippen LogP contribution is 2.19. The van der Waals surface area contributed by atoms with Gasteiger partial charge >= 0.3 is 6.18 Å². The van der Waals surface area contributed by atoms with Crippen LogP contribution in [-0.2, 0) is 0 Å². The third-order valence-corrected chi connectivity index (χ3v) is 3.58. The van der Waals surface area contributed by atoms with Crippen molar-refractivity contribution in [3.05, 3.63) is 23.9 Å². The standard InChI is InChI=1S/C14H18F3N3O3/c1-19(2)10-6-20(7-11(10)21)13(22)9-3-4-12(18-5-9)23-8-14(15,16)17/h3-5,10-11,21H,6-8H2,1-2H3/t10-,11-/m0/s1. The predicted octanol–water partition coefficient (Wildman–Crippen LogP) is 0.770. The van der Waals surface area contributed by atoms with Gasteiger partial charge in [-0.15, -0.1) is 0 Å². The number of alkyl halides is 3. The second-order valence-electron chi connectivity index (χ2n) is 5.60. The summed E-state index contributed by atoms with van der Waals surface area (Å²) in [4.78, 5) is 19.4. The number of aliphatic hydroxyl groups is 1. The molecule has 2 heterocycles. The maximum Gasteiger partial charge on any atom is 0.422 e. The molecule has 1 N–H and O–H groups in total. The van der Waals surface area contributed by atoms with Crippen LogP contribution in [-0.4, -0.2) is 77.9 Å². The van der Waals surface area contributed by atoms with Crippen LogP contribution in [0.3, 0.4) is 0 Å². The average Bonchev–Trinajstić information content (AvgIpc) is 2.86. The Morgan fingerprint density at radius 1 is 1.43 bits per heavy atom. The lowest BCUT2D eigenvalue weighted by atomic mass is 10.2. The van der Waals surface area contributed by atoms with Gasteiger partial charge in [-0.1, -0.05) is 0 Å². The lowest BCUT2D eigenvalue weighted by Crippen LogP contribution is -2.38. The summed E-state index contributed by atoms with van der Waals surface area (Å²) in [5, 5.41) is 9.94. The molecule has 0 aromatic carbocycles. The fraction of sp³-hybridized carbons (Fsp3) is 0.571. The van der Waals surface area contributed by atoms with Crippen molar-refractivity contribution in [1.82, 2.24) is 14.8 Å². The molecule has 6 nitrogen and oxygen atoms in total. The number of halogens is 3. The van der Waals surface area contributed by atoms with Crippen LogP contribution in [0.5, 0.6) is 5.88 Å². The van der Waals surface area contributed by atoms with Crippen LogP contribution in [0.25, 0.3) is 0 Å². The summed E-state index contributed by atoms with van der Waals surface area (Å²) in [6, 6.07) is 2.42. The van der Waals surface area contributed by atoms with Crippen LogP contribution in [0.2, 0.25) is 0 Å². The molecule has 0 radical (unpaired) electrons. The number of aromatic nitrogens is 1. The first-order chi connectivity index (χ1) is 10.7. The van der Waals surface area contributed by atoms with Crippen molar-refractivity contribution in [2.75, 3.05) is 33.8 Å². The van der Waals surface area contributed by atoms with Gasteiger partial charge in [0.25, 0.3) is 5.91 Å². The molecule has 1 amide bonds. The zero-order valence-electron chi connectivity index (χ0n) is 12.7. The number of rotatable bonds is 4. The van der Waals surface area contributed by atoms with E-state index in [1.165, 1.54) is 23.2 Å². The number of amides is 1. The molecule has 9 heteroatoms. The van der Waals surface area contributed by atoms with Crippen LogP contribution in [0.1, 0.15) is 10.4 Å². The van der Waals surface area contributed by atoms with E-state index in [4.69, 9.17) is 0 Å². The SMILES string of the molecule is CN(C)[C@H]1CN(C(=O)c2ccc(OCC(F)(F)F)nc2)C[C@@H]1O. The first-order valence-corrected chi connectivity index (χ1v) is 6.97. The summed E-state index contributed by atoms with van der Waals surface area (Å²) >= 11 is 0. The highest BCUT2D eigenvalue weighted by Gasteiger charge is 2.35. The molecule has 1 fully saturated rings. The van der Waals surface area contributed by atoms with Crippen LogP contribution < -0.4 is 4.74 Å². The van der Waals surface area contributed by atoms with Crippen molar-refractivity contribution in [2.24, 2.45) is 0 Å². The minimum Gasteiger partial charge on any atom is -0.468 e. The van der Waals surface area contributed by atoms with E-state index in [2.05, 4.69) is 9.72 Å². The highest BCUT2D eigenvalue weighted by atomic mass is 19.4. The summed E-state index contributed by atoms with van der Waals surface area (Å²) in [6.07, 6.45) is -3.91. The van der Waals surface area contributed by atoms with Gasteiger partial charge in [0.15, 0.2) is 6.61 Å². The second kappa shape index (κ2) is 6.71. The van der Waals surface area contributed by atoms with Gasteiger partial charge in [0.05, 0.1) is 17.7 Å². The molecule has 0 bridgehead atoms. The van der Waals surface area contributed by atoms with Gasteiger partial charge < -0.3 is 19.6 Å². The lowest BCUT2D eigenvalue weighted by molar-refractivity contribution is -0.154. The van der Waals surface area contributed by atoms with Crippen LogP contribution in [0, 0.1) is 0 Å². The average molecular weight is 333 g/mol. The quantitative estimate of drug-likeness (QED) is 0.882. The molecule has 1 saturated heterocycles. The third-order valence-electron chi connectivity index (χ3n) is 3.58. The Balaban J connectivity index is 1.98. The molecule has 23 heavy (non-hydrogen) atoms. The number of carbonyl (C=O) groups is 1. The lowest BCUT2D eigenvalue weighted by Gasteiger charge is -2.21. The summed E-state index contributed by atoms with van der Waals surface area (Å²) < 4.78 is 40.6. The minimum atomic E-state index is -4.44. The molecule has 1 aliphatic heterocycles. The van der Waals surface area contributed by atoms with E-state index in [0.29, 0.717) is 6.54 Å². The molecule has 1 aliphatic rings. The molecule has 2 rings (SSSR count). The van der Waals surface area contributed by atoms with Gasteiger partial charge in [-0.2, -0.15) is 13.2 Å². The van der Waals surface area contributed by atoms with Crippen LogP contribution in [0.15, 0.2) is 18.3 Å². The number of likely N-dealkylation sites (N-methyl/N-ethyl adjacent to an activating group) is 1. The third kappa shape index (κ3) is 4.55. The molecule has 1 aromatic heterocycles. The molecule has 2 atom stereocenters. The molecule has 0 saturated carbocycles. The number of nitrogens with zero attached hydrogens (tertiary/aromatic N) is 3. The fourth-order valence-corrected chi connectivity index (χ4v) is 2.37. The largest absolute Gasteiger partial charge is 0.468 e. The van der Waals surface area contributed by atoms with Gasteiger partial charge in [-0.3, -0.25) is 4.79 Å². The molecular formula is C14H18F3N3O3. The first kappa shape index (κ1) is 17.5. The van der Waals surface area contributed by atoms with Crippen LogP contribution in [0.4, 0.5) is 13.2 Å². The normalized spacial score (nSPS) is 21.8. The minimum absolute atomic E-state index is 0.152. The summed E-state index contributed by atoms with van der Waals surface area (Å²) in [6.45, 7) is -0.858. The number of aliphatic hydroxyl groups excluding tert-OH is 1. The van der Waals surface area contributed by atoms with Crippen LogP contribution >= 0.6 is 0 Å². The zero-order valence-corrected chi connectivity index (χ0v) is 12.7. The number of β-amino-alcohol motifs (C(OH)–C–C–N with tert-alkyl or cyclic N) is 1. The van der Waals surface area contributed by atoms with Crippen molar-refractivity contribution in [2.45, 2.75) is 18.3 Å². The van der Waals surface area contributed by atoms with E-state index >= 15 is 0 Å². The maximum atomic E-state index is 12.3. The fourth-order valence-electron chi connectivity index (χ4n) is 2.37. The molecule has 0 aliphatic carbocycles. The van der Waals surface area contributed by atoms with Gasteiger partial charge in [0.2, 0.25) is 5.88 Å². The van der Waals surface area contributed by atoms with Crippen molar-refractivity contribution in [3.63, 3.8) is 0 Å². The second-order valence-corrected chi connectivity index (χ2v) is 5.60. The molecular weight excluding hydrogens is 315 g/mol. The number of likely N-dealkylation sites (tertiary alicyclic amines) is 1. The van der Waals surface area contributed by atoms with E-state index in [1.54, 1.807) is 0 Å². The number of ether oxygens (including phenoxy) is 1. The molecule has 0 unspecified atom stereocenters. The van der Waals surface area contributed by atoms with E-state index in [1.807, 2.05) is 19.0 Å². The Morgan fingerprint density at radius 2 is 2.13 bits per heavy atom. The Hall–Kier alpha value is -1.87. The zero-order chi connectivity index (χ0) is 17.2. The van der Waals surface area contributed by atoms with E-state index < -0.39 is 18.9 Å². The van der Waals surface area contributed by atoms with Gasteiger partial charge in [-0.05, 0) is 20.2 Å². The number of carbonyl (C=O) groups excluding carboxylic acids is 1. The monoisotopic (exact) mass is 333 g/mol. The van der Waals surface area contributed by atoms with E-state index in [0.717, 1.165) is 0 Å². The summed E-state index contributed by atoms with van der Waals surface area (Å²) in [5.41, 5.74) is 0.232. The van der Waals surface area contributed by atoms with Gasteiger partial charge in [0, 0.05) is 25.4 Å². The Kier molecular flexibility index (Phi) is 5.10. The predicted molar refractivity (Wildman–Crippen MR) is 75.2 cm³/mol. The number of hydrogen-bond acceptors (Lipinski definition) is 5. The highest BCUT2D eigenvalue weighted by molar-refractivity contribution is 5.94. The smallest absolute Gasteiger partial charge is 0.422 e. The maximum absolute atomic E-state index is 12.3. The molecule has 0 spiro atoms. The molecule has 1 aromatic rings. The van der Waals surface area contributed by atoms with E-state index in [-0.39, 0.29) is 29.9 Å². The van der Waals surface area contributed by atoms with Crippen molar-refractivity contribution in [3.8, 4) is 5.88 Å². The number of hydrogen-bond donors (Lipinski definition) is 1. The van der Waals surface area contributed by atoms with Crippen molar-refractivity contribution in [1.29, 1.82) is 0 Å². The van der Waals surface area contributed by atoms with Crippen molar-refractivity contribution < 1.29 is 27.8 Å². The first-order valence-electron chi connectivity index (χ1n) is 6.97. The Morgan fingerprint density at radius 3 is 2.61 bits per heavy atom. The Bertz CT molecular complexity index is 548. The Labute approximate surface area is 131 Å². The van der Waals surface area contributed by atoms with Crippen molar-refractivity contribution >= 4 is 5.91 Å². The van der Waals surface area contributed by atoms with Gasteiger partial charge in [-0.25, -0.2) is 4.98 Å². The van der Waals surface area contributed by atoms with E-state index in [9.17, 15) is 23.1 Å². The summed E-state index contributed by atoms with van der Waals surface area (Å²) in [5.74, 6) is -0.533. The van der Waals surface area contributed by atoms with Gasteiger partial charge in [0.1, 0.15) is 0 Å².